The van der Waals surface area contributed by atoms with Crippen molar-refractivity contribution in [2.24, 2.45) is 11.3 Å². The monoisotopic (exact) mass is 589 g/mol. The largest absolute Gasteiger partial charge is 0.473 e. The minimum absolute atomic E-state index is 0.00362. The van der Waals surface area contributed by atoms with Crippen molar-refractivity contribution in [3.63, 3.8) is 0 Å². The second-order valence-electron chi connectivity index (χ2n) is 11.0. The number of ether oxygens (including phenoxy) is 2. The van der Waals surface area contributed by atoms with Crippen LogP contribution in [0.3, 0.4) is 0 Å². The molecule has 0 aromatic carbocycles. The molecule has 2 aromatic heterocycles. The number of methoxy groups -OCH3 is 1. The van der Waals surface area contributed by atoms with Crippen molar-refractivity contribution in [2.45, 2.75) is 78.2 Å². The summed E-state index contributed by atoms with van der Waals surface area (Å²) >= 11 is 0. The Morgan fingerprint density at radius 1 is 1.14 bits per heavy atom. The molecule has 5 unspecified atom stereocenters. The zero-order valence-electron chi connectivity index (χ0n) is 25.4. The molecule has 2 aromatic rings. The van der Waals surface area contributed by atoms with Crippen LogP contribution in [0.1, 0.15) is 59.4 Å². The van der Waals surface area contributed by atoms with Crippen molar-refractivity contribution in [2.75, 3.05) is 20.8 Å². The molecule has 0 radical (unpaired) electrons. The highest BCUT2D eigenvalue weighted by molar-refractivity contribution is 5.84. The van der Waals surface area contributed by atoms with E-state index in [0.29, 0.717) is 41.3 Å². The topological polar surface area (TPSA) is 82.4 Å². The van der Waals surface area contributed by atoms with E-state index in [9.17, 15) is 18.0 Å². The number of halogens is 3. The molecule has 2 saturated carbocycles. The summed E-state index contributed by atoms with van der Waals surface area (Å²) in [5.41, 5.74) is 1.98. The fraction of sp³-hybridized carbons (Fsp3) is 0.548. The number of allylic oxidation sites excluding steroid dienone is 6. The molecule has 1 saturated heterocycles. The summed E-state index contributed by atoms with van der Waals surface area (Å²) < 4.78 is 48.8. The third-order valence-corrected chi connectivity index (χ3v) is 7.97. The average Bonchev–Trinajstić information content (AvgIpc) is 3.37. The lowest BCUT2D eigenvalue weighted by molar-refractivity contribution is -0.137. The smallest absolute Gasteiger partial charge is 0.417 e. The van der Waals surface area contributed by atoms with Gasteiger partial charge in [-0.2, -0.15) is 28.2 Å². The average molecular weight is 590 g/mol. The summed E-state index contributed by atoms with van der Waals surface area (Å²) in [7, 11) is 3.79. The quantitative estimate of drug-likeness (QED) is 0.205. The number of aldehydes is 1. The molecule has 0 N–H and O–H groups in total. The van der Waals surface area contributed by atoms with E-state index in [1.54, 1.807) is 26.4 Å². The molecule has 2 aliphatic carbocycles. The van der Waals surface area contributed by atoms with Crippen LogP contribution in [-0.4, -0.2) is 70.1 Å². The number of likely N-dealkylation sites (N-methyl/N-ethyl adjacent to an activating group) is 1. The van der Waals surface area contributed by atoms with Crippen LogP contribution in [0.2, 0.25) is 0 Å². The van der Waals surface area contributed by atoms with Crippen molar-refractivity contribution in [3.8, 4) is 5.88 Å². The maximum Gasteiger partial charge on any atom is 0.417 e. The van der Waals surface area contributed by atoms with Gasteiger partial charge in [0.1, 0.15) is 12.4 Å². The van der Waals surface area contributed by atoms with Crippen LogP contribution in [-0.2, 0) is 15.7 Å². The van der Waals surface area contributed by atoms with Crippen LogP contribution < -0.4 is 4.74 Å². The number of carbonyl (C=O) groups is 1. The third-order valence-electron chi connectivity index (χ3n) is 7.97. The first kappa shape index (κ1) is 33.2. The van der Waals surface area contributed by atoms with Crippen molar-refractivity contribution < 1.29 is 27.4 Å². The number of alkyl halides is 3. The Labute approximate surface area is 246 Å². The number of carbonyl (C=O) groups excluding carboxylic acids is 1. The van der Waals surface area contributed by atoms with Gasteiger partial charge < -0.3 is 9.47 Å². The maximum absolute atomic E-state index is 12.6. The molecule has 11 heteroatoms. The predicted molar refractivity (Wildman–Crippen MR) is 156 cm³/mol. The van der Waals surface area contributed by atoms with Gasteiger partial charge in [-0.1, -0.05) is 38.0 Å². The molecule has 5 atom stereocenters. The molecule has 3 fully saturated rings. The van der Waals surface area contributed by atoms with Crippen LogP contribution in [0.25, 0.3) is 5.70 Å². The zero-order valence-corrected chi connectivity index (χ0v) is 25.4. The molecule has 5 rings (SSSR count). The summed E-state index contributed by atoms with van der Waals surface area (Å²) in [4.78, 5) is 18.3. The van der Waals surface area contributed by atoms with Gasteiger partial charge in [0.2, 0.25) is 5.88 Å². The standard InChI is InChI=1S/C16H19F3N2O2.C12H15N3O.C3H8/c1-21-11(8-22-2)10-5-15(10)6-12(14(15)21)23-13-4-3-9(7-20-13)16(17,18)19;1-4-10(2)5-6-12(11(3)9-16)15-13-7-8-14-15;1-3-2/h3-4,7,10-12,14H,5-6,8H2,1-2H3;4-9H,1-3H3;3H2,1-2H3/b;6-5-,10-4+,12-11-;. The Kier molecular flexibility index (Phi) is 11.3. The molecule has 230 valence electrons. The van der Waals surface area contributed by atoms with Gasteiger partial charge in [-0.05, 0) is 64.1 Å². The van der Waals surface area contributed by atoms with Crippen LogP contribution in [0.4, 0.5) is 13.2 Å². The first-order chi connectivity index (χ1) is 20.0. The van der Waals surface area contributed by atoms with Gasteiger partial charge in [0.15, 0.2) is 0 Å². The number of rotatable bonds is 8. The van der Waals surface area contributed by atoms with E-state index in [0.717, 1.165) is 30.5 Å². The second-order valence-corrected chi connectivity index (χ2v) is 11.0. The van der Waals surface area contributed by atoms with E-state index < -0.39 is 11.7 Å². The van der Waals surface area contributed by atoms with Gasteiger partial charge in [-0.25, -0.2) is 4.98 Å². The van der Waals surface area contributed by atoms with E-state index in [4.69, 9.17) is 9.47 Å². The first-order valence-corrected chi connectivity index (χ1v) is 14.2. The van der Waals surface area contributed by atoms with E-state index in [1.165, 1.54) is 23.7 Å². The molecular formula is C31H42F3N5O3. The van der Waals surface area contributed by atoms with Crippen LogP contribution in [0.15, 0.2) is 60.1 Å². The Morgan fingerprint density at radius 3 is 2.33 bits per heavy atom. The highest BCUT2D eigenvalue weighted by Crippen LogP contribution is 2.73. The SMILES string of the molecule is C/C=C(C)/C=C\C(=C(/C)C=O)n1nccn1.CCC.COCC1C2CC23CC(Oc2ccc(C(F)(F)F)cn2)C3N1C. The summed E-state index contributed by atoms with van der Waals surface area (Å²) in [6.45, 7) is 10.6. The Bertz CT molecular complexity index is 1260. The highest BCUT2D eigenvalue weighted by atomic mass is 19.4. The Balaban J connectivity index is 0.000000224. The van der Waals surface area contributed by atoms with Gasteiger partial charge >= 0.3 is 6.18 Å². The number of hydrogen-bond donors (Lipinski definition) is 0. The minimum atomic E-state index is -4.37. The molecule has 0 amide bonds. The Morgan fingerprint density at radius 2 is 1.81 bits per heavy atom. The highest BCUT2D eigenvalue weighted by Gasteiger charge is 2.77. The summed E-state index contributed by atoms with van der Waals surface area (Å²) in [5, 5.41) is 8.01. The van der Waals surface area contributed by atoms with Gasteiger partial charge in [0.25, 0.3) is 0 Å². The fourth-order valence-electron chi connectivity index (χ4n) is 5.77. The normalized spacial score (nSPS) is 27.0. The molecule has 3 aliphatic rings. The van der Waals surface area contributed by atoms with Crippen molar-refractivity contribution in [1.29, 1.82) is 0 Å². The molecule has 0 bridgehead atoms. The first-order valence-electron chi connectivity index (χ1n) is 14.2. The van der Waals surface area contributed by atoms with Crippen LogP contribution >= 0.6 is 0 Å². The molecule has 8 nitrogen and oxygen atoms in total. The number of nitrogens with zero attached hydrogens (tertiary/aromatic N) is 5. The van der Waals surface area contributed by atoms with Gasteiger partial charge in [-0.3, -0.25) is 9.69 Å². The van der Waals surface area contributed by atoms with Crippen molar-refractivity contribution in [1.82, 2.24) is 24.9 Å². The van der Waals surface area contributed by atoms with E-state index in [-0.39, 0.29) is 12.0 Å². The molecular weight excluding hydrogens is 547 g/mol. The number of aromatic nitrogens is 4. The lowest BCUT2D eigenvalue weighted by Crippen LogP contribution is -2.58. The second kappa shape index (κ2) is 14.2. The summed E-state index contributed by atoms with van der Waals surface area (Å²) in [6, 6.07) is 3.05. The fourth-order valence-corrected chi connectivity index (χ4v) is 5.77. The molecule has 42 heavy (non-hydrogen) atoms. The van der Waals surface area contributed by atoms with E-state index >= 15 is 0 Å². The number of pyridine rings is 1. The van der Waals surface area contributed by atoms with Crippen molar-refractivity contribution >= 4 is 12.0 Å². The number of piperidine rings is 1. The zero-order chi connectivity index (χ0) is 31.1. The lowest BCUT2D eigenvalue weighted by Gasteiger charge is -2.46. The maximum atomic E-state index is 12.6. The molecule has 1 spiro atoms. The van der Waals surface area contributed by atoms with Crippen molar-refractivity contribution in [3.05, 3.63) is 65.7 Å². The lowest BCUT2D eigenvalue weighted by atomic mass is 9.73. The van der Waals surface area contributed by atoms with Gasteiger partial charge in [-0.15, -0.1) is 0 Å². The van der Waals surface area contributed by atoms with E-state index in [2.05, 4.69) is 41.0 Å². The molecule has 3 heterocycles. The third kappa shape index (κ3) is 7.36. The number of likely N-dealkylation sites (tertiary alicyclic amines) is 1. The molecule has 1 aliphatic heterocycles. The minimum Gasteiger partial charge on any atom is -0.473 e. The number of hydrogen-bond acceptors (Lipinski definition) is 7. The summed E-state index contributed by atoms with van der Waals surface area (Å²) in [5.74, 6) is 0.927. The predicted octanol–water partition coefficient (Wildman–Crippen LogP) is 6.23. The summed E-state index contributed by atoms with van der Waals surface area (Å²) in [6.07, 6.45) is 9.56. The van der Waals surface area contributed by atoms with Crippen LogP contribution in [0.5, 0.6) is 5.88 Å². The van der Waals surface area contributed by atoms with Gasteiger partial charge in [0, 0.05) is 31.0 Å². The Hall–Kier alpha value is -3.31. The van der Waals surface area contributed by atoms with E-state index in [1.807, 2.05) is 32.1 Å². The van der Waals surface area contributed by atoms with Gasteiger partial charge in [0.05, 0.1) is 36.3 Å². The van der Waals surface area contributed by atoms with Crippen LogP contribution in [0, 0.1) is 11.3 Å².